The summed E-state index contributed by atoms with van der Waals surface area (Å²) in [5.74, 6) is 0.0263. The zero-order chi connectivity index (χ0) is 11.3. The fraction of sp³-hybridized carbons (Fsp3) is 0.417. The van der Waals surface area contributed by atoms with Gasteiger partial charge in [-0.25, -0.2) is 0 Å². The van der Waals surface area contributed by atoms with Crippen LogP contribution in [0.3, 0.4) is 0 Å². The number of nitrogens with one attached hydrogen (secondary N) is 2. The minimum Gasteiger partial charge on any atom is -0.376 e. The van der Waals surface area contributed by atoms with E-state index in [0.717, 1.165) is 5.69 Å². The van der Waals surface area contributed by atoms with E-state index >= 15 is 0 Å². The van der Waals surface area contributed by atoms with Gasteiger partial charge in [-0.05, 0) is 38.0 Å². The number of benzene rings is 1. The van der Waals surface area contributed by atoms with Crippen LogP contribution in [0, 0.1) is 13.8 Å². The van der Waals surface area contributed by atoms with Gasteiger partial charge in [0.15, 0.2) is 0 Å². The Balaban J connectivity index is 2.58. The summed E-state index contributed by atoms with van der Waals surface area (Å²) in [5.41, 5.74) is 3.46. The Morgan fingerprint density at radius 1 is 1.33 bits per heavy atom. The van der Waals surface area contributed by atoms with Crippen molar-refractivity contribution in [3.8, 4) is 0 Å². The van der Waals surface area contributed by atoms with E-state index in [9.17, 15) is 4.79 Å². The maximum Gasteiger partial charge on any atom is 0.239 e. The molecule has 0 heterocycles. The van der Waals surface area contributed by atoms with Crippen molar-refractivity contribution >= 4 is 11.6 Å². The van der Waals surface area contributed by atoms with Crippen molar-refractivity contribution in [3.05, 3.63) is 29.3 Å². The van der Waals surface area contributed by atoms with Crippen LogP contribution in [-0.4, -0.2) is 19.0 Å². The average molecular weight is 206 g/mol. The van der Waals surface area contributed by atoms with Crippen molar-refractivity contribution in [2.45, 2.75) is 20.8 Å². The van der Waals surface area contributed by atoms with E-state index < -0.39 is 0 Å². The lowest BCUT2D eigenvalue weighted by atomic mass is 10.1. The molecule has 3 heteroatoms. The van der Waals surface area contributed by atoms with Gasteiger partial charge in [0, 0.05) is 12.2 Å². The quantitative estimate of drug-likeness (QED) is 0.789. The van der Waals surface area contributed by atoms with Crippen LogP contribution in [0.25, 0.3) is 0 Å². The zero-order valence-electron chi connectivity index (χ0n) is 9.55. The molecule has 0 saturated carbocycles. The minimum absolute atomic E-state index is 0.0263. The highest BCUT2D eigenvalue weighted by Crippen LogP contribution is 2.17. The molecule has 0 spiro atoms. The average Bonchev–Trinajstić information content (AvgIpc) is 2.21. The summed E-state index contributed by atoms with van der Waals surface area (Å²) in [6.07, 6.45) is 0. The standard InChI is InChI=1S/C12H18N2O/c1-4-13-12(15)8-14-11-7-5-6-9(2)10(11)3/h5-7,14H,4,8H2,1-3H3,(H,13,15). The summed E-state index contributed by atoms with van der Waals surface area (Å²) in [5, 5.41) is 5.87. The third kappa shape index (κ3) is 3.27. The molecule has 15 heavy (non-hydrogen) atoms. The van der Waals surface area contributed by atoms with Crippen LogP contribution in [0.15, 0.2) is 18.2 Å². The molecule has 0 radical (unpaired) electrons. The lowest BCUT2D eigenvalue weighted by Crippen LogP contribution is -2.29. The normalized spacial score (nSPS) is 9.80. The first-order valence-corrected chi connectivity index (χ1v) is 5.22. The number of likely N-dealkylation sites (N-methyl/N-ethyl adjacent to an activating group) is 1. The van der Waals surface area contributed by atoms with Gasteiger partial charge in [0.25, 0.3) is 0 Å². The van der Waals surface area contributed by atoms with Crippen LogP contribution in [0.5, 0.6) is 0 Å². The number of hydrogen-bond acceptors (Lipinski definition) is 2. The predicted octanol–water partition coefficient (Wildman–Crippen LogP) is 1.85. The van der Waals surface area contributed by atoms with Gasteiger partial charge >= 0.3 is 0 Å². The van der Waals surface area contributed by atoms with Crippen molar-refractivity contribution in [2.24, 2.45) is 0 Å². The van der Waals surface area contributed by atoms with Crippen LogP contribution in [-0.2, 0) is 4.79 Å². The van der Waals surface area contributed by atoms with E-state index in [4.69, 9.17) is 0 Å². The third-order valence-corrected chi connectivity index (χ3v) is 2.42. The molecule has 0 fully saturated rings. The fourth-order valence-corrected chi connectivity index (χ4v) is 1.38. The number of carbonyl (C=O) groups excluding carboxylic acids is 1. The molecular weight excluding hydrogens is 188 g/mol. The Morgan fingerprint density at radius 2 is 2.07 bits per heavy atom. The molecule has 0 atom stereocenters. The Kier molecular flexibility index (Phi) is 4.16. The van der Waals surface area contributed by atoms with Gasteiger partial charge in [0.05, 0.1) is 6.54 Å². The second-order valence-electron chi connectivity index (χ2n) is 3.55. The van der Waals surface area contributed by atoms with Crippen molar-refractivity contribution in [1.82, 2.24) is 5.32 Å². The van der Waals surface area contributed by atoms with Crippen LogP contribution in [0.1, 0.15) is 18.1 Å². The Labute approximate surface area is 90.9 Å². The van der Waals surface area contributed by atoms with E-state index in [2.05, 4.69) is 30.5 Å². The molecule has 0 aliphatic heterocycles. The summed E-state index contributed by atoms with van der Waals surface area (Å²) < 4.78 is 0. The molecule has 0 aromatic heterocycles. The molecule has 2 N–H and O–H groups in total. The second-order valence-corrected chi connectivity index (χ2v) is 3.55. The lowest BCUT2D eigenvalue weighted by Gasteiger charge is -2.10. The third-order valence-electron chi connectivity index (χ3n) is 2.42. The van der Waals surface area contributed by atoms with Gasteiger partial charge in [0.2, 0.25) is 5.91 Å². The molecule has 0 aliphatic carbocycles. The second kappa shape index (κ2) is 5.39. The van der Waals surface area contributed by atoms with Crippen molar-refractivity contribution in [2.75, 3.05) is 18.4 Å². The smallest absolute Gasteiger partial charge is 0.239 e. The molecule has 1 amide bonds. The monoisotopic (exact) mass is 206 g/mol. The molecule has 3 nitrogen and oxygen atoms in total. The maximum absolute atomic E-state index is 11.2. The molecule has 82 valence electrons. The highest BCUT2D eigenvalue weighted by Gasteiger charge is 2.02. The summed E-state index contributed by atoms with van der Waals surface area (Å²) in [6.45, 7) is 7.03. The zero-order valence-corrected chi connectivity index (χ0v) is 9.55. The van der Waals surface area contributed by atoms with E-state index in [1.54, 1.807) is 0 Å². The Morgan fingerprint density at radius 3 is 2.73 bits per heavy atom. The van der Waals surface area contributed by atoms with Crippen LogP contribution < -0.4 is 10.6 Å². The van der Waals surface area contributed by atoms with Crippen molar-refractivity contribution in [3.63, 3.8) is 0 Å². The van der Waals surface area contributed by atoms with E-state index in [1.807, 2.05) is 19.1 Å². The first kappa shape index (κ1) is 11.6. The topological polar surface area (TPSA) is 41.1 Å². The van der Waals surface area contributed by atoms with Gasteiger partial charge in [-0.1, -0.05) is 12.1 Å². The van der Waals surface area contributed by atoms with Gasteiger partial charge in [-0.15, -0.1) is 0 Å². The van der Waals surface area contributed by atoms with Gasteiger partial charge < -0.3 is 10.6 Å². The van der Waals surface area contributed by atoms with E-state index in [-0.39, 0.29) is 5.91 Å². The Hall–Kier alpha value is -1.51. The van der Waals surface area contributed by atoms with Crippen LogP contribution in [0.4, 0.5) is 5.69 Å². The Bertz CT molecular complexity index is 347. The molecule has 0 bridgehead atoms. The van der Waals surface area contributed by atoms with Crippen molar-refractivity contribution < 1.29 is 4.79 Å². The van der Waals surface area contributed by atoms with Gasteiger partial charge in [-0.3, -0.25) is 4.79 Å². The highest BCUT2D eigenvalue weighted by atomic mass is 16.1. The number of hydrogen-bond donors (Lipinski definition) is 2. The van der Waals surface area contributed by atoms with Crippen LogP contribution >= 0.6 is 0 Å². The molecule has 0 aliphatic rings. The van der Waals surface area contributed by atoms with Gasteiger partial charge in [-0.2, -0.15) is 0 Å². The lowest BCUT2D eigenvalue weighted by molar-refractivity contribution is -0.119. The number of carbonyl (C=O) groups is 1. The minimum atomic E-state index is 0.0263. The number of aryl methyl sites for hydroxylation is 1. The highest BCUT2D eigenvalue weighted by molar-refractivity contribution is 5.80. The van der Waals surface area contributed by atoms with E-state index in [1.165, 1.54) is 11.1 Å². The molecule has 0 unspecified atom stereocenters. The van der Waals surface area contributed by atoms with E-state index in [0.29, 0.717) is 13.1 Å². The van der Waals surface area contributed by atoms with Crippen molar-refractivity contribution in [1.29, 1.82) is 0 Å². The maximum atomic E-state index is 11.2. The summed E-state index contributed by atoms with van der Waals surface area (Å²) in [4.78, 5) is 11.2. The molecular formula is C12H18N2O. The summed E-state index contributed by atoms with van der Waals surface area (Å²) >= 11 is 0. The molecule has 1 aromatic rings. The fourth-order valence-electron chi connectivity index (χ4n) is 1.38. The van der Waals surface area contributed by atoms with Gasteiger partial charge in [0.1, 0.15) is 0 Å². The first-order valence-electron chi connectivity index (χ1n) is 5.22. The number of rotatable bonds is 4. The number of amides is 1. The molecule has 0 saturated heterocycles. The SMILES string of the molecule is CCNC(=O)CNc1cccc(C)c1C. The predicted molar refractivity (Wildman–Crippen MR) is 63.1 cm³/mol. The molecule has 1 rings (SSSR count). The first-order chi connectivity index (χ1) is 7.15. The summed E-state index contributed by atoms with van der Waals surface area (Å²) in [7, 11) is 0. The van der Waals surface area contributed by atoms with Crippen LogP contribution in [0.2, 0.25) is 0 Å². The summed E-state index contributed by atoms with van der Waals surface area (Å²) in [6, 6.07) is 6.04. The molecule has 1 aromatic carbocycles. The largest absolute Gasteiger partial charge is 0.376 e. The number of anilines is 1.